The maximum atomic E-state index is 12.2. The van der Waals surface area contributed by atoms with E-state index in [4.69, 9.17) is 5.73 Å². The molecule has 4 heteroatoms. The van der Waals surface area contributed by atoms with Crippen LogP contribution in [0.2, 0.25) is 0 Å². The van der Waals surface area contributed by atoms with Gasteiger partial charge in [0.15, 0.2) is 0 Å². The lowest BCUT2D eigenvalue weighted by atomic mass is 10.0. The molecule has 0 saturated carbocycles. The van der Waals surface area contributed by atoms with Gasteiger partial charge in [0.05, 0.1) is 0 Å². The summed E-state index contributed by atoms with van der Waals surface area (Å²) in [5.74, 6) is 0.164. The van der Waals surface area contributed by atoms with E-state index < -0.39 is 0 Å². The second kappa shape index (κ2) is 7.51. The van der Waals surface area contributed by atoms with Crippen molar-refractivity contribution in [3.05, 3.63) is 35.9 Å². The summed E-state index contributed by atoms with van der Waals surface area (Å²) in [6, 6.07) is 10.8. The number of benzene rings is 1. The van der Waals surface area contributed by atoms with Crippen molar-refractivity contribution >= 4 is 18.3 Å². The molecule has 3 nitrogen and oxygen atoms in total. The molecule has 0 spiro atoms. The Morgan fingerprint density at radius 2 is 2.11 bits per heavy atom. The number of nitrogens with zero attached hydrogens (tertiary/aromatic N) is 1. The third-order valence-electron chi connectivity index (χ3n) is 3.75. The molecule has 0 bridgehead atoms. The van der Waals surface area contributed by atoms with Gasteiger partial charge >= 0.3 is 0 Å². The zero-order valence-electron chi connectivity index (χ0n) is 11.4. The molecule has 0 radical (unpaired) electrons. The van der Waals surface area contributed by atoms with E-state index in [-0.39, 0.29) is 24.2 Å². The van der Waals surface area contributed by atoms with Gasteiger partial charge < -0.3 is 10.6 Å². The highest BCUT2D eigenvalue weighted by Crippen LogP contribution is 2.22. The maximum Gasteiger partial charge on any atom is 0.226 e. The first kappa shape index (κ1) is 16.0. The second-order valence-corrected chi connectivity index (χ2v) is 5.15. The van der Waals surface area contributed by atoms with Gasteiger partial charge in [0, 0.05) is 25.0 Å². The molecule has 1 amide bonds. The van der Waals surface area contributed by atoms with Crippen LogP contribution >= 0.6 is 12.4 Å². The summed E-state index contributed by atoms with van der Waals surface area (Å²) in [6.07, 6.45) is 3.18. The minimum Gasteiger partial charge on any atom is -0.339 e. The van der Waals surface area contributed by atoms with Crippen LogP contribution in [0.4, 0.5) is 0 Å². The van der Waals surface area contributed by atoms with Crippen molar-refractivity contribution in [2.45, 2.75) is 32.2 Å². The highest BCUT2D eigenvalue weighted by molar-refractivity contribution is 5.85. The molecule has 0 aromatic heterocycles. The van der Waals surface area contributed by atoms with Crippen LogP contribution in [0.3, 0.4) is 0 Å². The third kappa shape index (κ3) is 3.95. The zero-order chi connectivity index (χ0) is 13.0. The Hall–Kier alpha value is -1.06. The predicted molar refractivity (Wildman–Crippen MR) is 80.3 cm³/mol. The fraction of sp³-hybridized carbons (Fsp3) is 0.533. The van der Waals surface area contributed by atoms with Crippen LogP contribution in [-0.4, -0.2) is 29.9 Å². The normalized spacial score (nSPS) is 19.9. The molecule has 1 heterocycles. The van der Waals surface area contributed by atoms with Crippen molar-refractivity contribution in [2.75, 3.05) is 13.1 Å². The molecular weight excluding hydrogens is 260 g/mol. The lowest BCUT2D eigenvalue weighted by molar-refractivity contribution is -0.135. The summed E-state index contributed by atoms with van der Waals surface area (Å²) in [7, 11) is 0. The minimum atomic E-state index is -0.0543. The van der Waals surface area contributed by atoms with E-state index in [1.807, 2.05) is 17.9 Å². The molecule has 1 aliphatic rings. The number of halogens is 1. The number of amides is 1. The summed E-state index contributed by atoms with van der Waals surface area (Å²) in [6.45, 7) is 3.24. The Morgan fingerprint density at radius 1 is 1.42 bits per heavy atom. The van der Waals surface area contributed by atoms with Crippen molar-refractivity contribution in [1.82, 2.24) is 4.90 Å². The van der Waals surface area contributed by atoms with Crippen LogP contribution in [-0.2, 0) is 11.2 Å². The average Bonchev–Trinajstić information content (AvgIpc) is 2.86. The third-order valence-corrected chi connectivity index (χ3v) is 3.75. The van der Waals surface area contributed by atoms with E-state index >= 15 is 0 Å². The van der Waals surface area contributed by atoms with Crippen molar-refractivity contribution in [1.29, 1.82) is 0 Å². The molecule has 1 aromatic rings. The van der Waals surface area contributed by atoms with Crippen LogP contribution in [0, 0.1) is 5.92 Å². The molecular formula is C15H23ClN2O. The molecule has 2 atom stereocenters. The molecule has 2 unspecified atom stereocenters. The second-order valence-electron chi connectivity index (χ2n) is 5.15. The smallest absolute Gasteiger partial charge is 0.226 e. The van der Waals surface area contributed by atoms with E-state index in [1.54, 1.807) is 0 Å². The fourth-order valence-corrected chi connectivity index (χ4v) is 2.61. The Bertz CT molecular complexity index is 396. The number of likely N-dealkylation sites (tertiary alicyclic amines) is 1. The standard InChI is InChI=1S/C15H22N2O.ClH/c1-12(11-16)15(18)17-9-5-8-14(17)10-13-6-3-2-4-7-13;/h2-4,6-7,12,14H,5,8-11,16H2,1H3;1H. The van der Waals surface area contributed by atoms with Gasteiger partial charge in [-0.05, 0) is 24.8 Å². The summed E-state index contributed by atoms with van der Waals surface area (Å²) in [5.41, 5.74) is 6.90. The first-order valence-corrected chi connectivity index (χ1v) is 6.77. The van der Waals surface area contributed by atoms with Gasteiger partial charge in [-0.2, -0.15) is 0 Å². The van der Waals surface area contributed by atoms with Crippen molar-refractivity contribution < 1.29 is 4.79 Å². The highest BCUT2D eigenvalue weighted by Gasteiger charge is 2.30. The quantitative estimate of drug-likeness (QED) is 0.921. The van der Waals surface area contributed by atoms with Crippen LogP contribution in [0.1, 0.15) is 25.3 Å². The monoisotopic (exact) mass is 282 g/mol. The lowest BCUT2D eigenvalue weighted by Crippen LogP contribution is -2.41. The van der Waals surface area contributed by atoms with Crippen LogP contribution in [0.15, 0.2) is 30.3 Å². The van der Waals surface area contributed by atoms with Gasteiger partial charge in [0.2, 0.25) is 5.91 Å². The van der Waals surface area contributed by atoms with Gasteiger partial charge in [0.1, 0.15) is 0 Å². The Balaban J connectivity index is 0.00000180. The summed E-state index contributed by atoms with van der Waals surface area (Å²) in [4.78, 5) is 14.3. The number of carbonyl (C=O) groups excluding carboxylic acids is 1. The molecule has 2 N–H and O–H groups in total. The predicted octanol–water partition coefficient (Wildman–Crippen LogP) is 2.24. The van der Waals surface area contributed by atoms with Gasteiger partial charge in [-0.3, -0.25) is 4.79 Å². The molecule has 2 rings (SSSR count). The number of hydrogen-bond donors (Lipinski definition) is 1. The number of hydrogen-bond acceptors (Lipinski definition) is 2. The largest absolute Gasteiger partial charge is 0.339 e. The Morgan fingerprint density at radius 3 is 2.74 bits per heavy atom. The summed E-state index contributed by atoms with van der Waals surface area (Å²) in [5, 5.41) is 0. The van der Waals surface area contributed by atoms with Crippen molar-refractivity contribution in [2.24, 2.45) is 11.7 Å². The van der Waals surface area contributed by atoms with Crippen LogP contribution in [0.25, 0.3) is 0 Å². The van der Waals surface area contributed by atoms with Gasteiger partial charge in [-0.25, -0.2) is 0 Å². The van der Waals surface area contributed by atoms with E-state index in [0.29, 0.717) is 12.6 Å². The van der Waals surface area contributed by atoms with Crippen molar-refractivity contribution in [3.63, 3.8) is 0 Å². The number of carbonyl (C=O) groups is 1. The number of nitrogens with two attached hydrogens (primary N) is 1. The van der Waals surface area contributed by atoms with E-state index in [1.165, 1.54) is 5.56 Å². The summed E-state index contributed by atoms with van der Waals surface area (Å²) < 4.78 is 0. The Labute approximate surface area is 121 Å². The van der Waals surface area contributed by atoms with E-state index in [2.05, 4.69) is 24.3 Å². The van der Waals surface area contributed by atoms with Crippen molar-refractivity contribution in [3.8, 4) is 0 Å². The van der Waals surface area contributed by atoms with E-state index in [0.717, 1.165) is 25.8 Å². The molecule has 1 aliphatic heterocycles. The molecule has 1 saturated heterocycles. The zero-order valence-corrected chi connectivity index (χ0v) is 12.2. The number of rotatable bonds is 4. The fourth-order valence-electron chi connectivity index (χ4n) is 2.61. The van der Waals surface area contributed by atoms with Crippen LogP contribution in [0.5, 0.6) is 0 Å². The van der Waals surface area contributed by atoms with Gasteiger partial charge in [-0.15, -0.1) is 12.4 Å². The van der Waals surface area contributed by atoms with Gasteiger partial charge in [-0.1, -0.05) is 37.3 Å². The average molecular weight is 283 g/mol. The summed E-state index contributed by atoms with van der Waals surface area (Å²) >= 11 is 0. The topological polar surface area (TPSA) is 46.3 Å². The van der Waals surface area contributed by atoms with Gasteiger partial charge in [0.25, 0.3) is 0 Å². The SMILES string of the molecule is CC(CN)C(=O)N1CCCC1Cc1ccccc1.Cl. The molecule has 0 aliphatic carbocycles. The molecule has 106 valence electrons. The first-order valence-electron chi connectivity index (χ1n) is 6.77. The first-order chi connectivity index (χ1) is 8.72. The van der Waals surface area contributed by atoms with Crippen LogP contribution < -0.4 is 5.73 Å². The Kier molecular flexibility index (Phi) is 6.32. The molecule has 1 fully saturated rings. The maximum absolute atomic E-state index is 12.2. The highest BCUT2D eigenvalue weighted by atomic mass is 35.5. The minimum absolute atomic E-state index is 0. The molecule has 1 aromatic carbocycles. The lowest BCUT2D eigenvalue weighted by Gasteiger charge is -2.27. The van der Waals surface area contributed by atoms with E-state index in [9.17, 15) is 4.79 Å². The molecule has 19 heavy (non-hydrogen) atoms.